The molecule has 0 aliphatic carbocycles. The van der Waals surface area contributed by atoms with Crippen LogP contribution in [0, 0.1) is 11.3 Å². The van der Waals surface area contributed by atoms with Crippen LogP contribution in [-0.4, -0.2) is 43.8 Å². The molecule has 3 N–H and O–H groups in total. The molecule has 116 valence electrons. The first-order chi connectivity index (χ1) is 10.6. The van der Waals surface area contributed by atoms with Crippen LogP contribution in [0.15, 0.2) is 24.3 Å². The molecule has 2 atom stereocenters. The molecular formula is C15H17N3O4. The number of carbonyl (C=O) groups excluding carboxylic acids is 2. The molecule has 22 heavy (non-hydrogen) atoms. The summed E-state index contributed by atoms with van der Waals surface area (Å²) in [6.07, 6.45) is 0.206. The summed E-state index contributed by atoms with van der Waals surface area (Å²) in [7, 11) is 0. The third-order valence-corrected chi connectivity index (χ3v) is 3.34. The second-order valence-corrected chi connectivity index (χ2v) is 4.92. The lowest BCUT2D eigenvalue weighted by molar-refractivity contribution is -0.128. The molecule has 0 radical (unpaired) electrons. The number of benzene rings is 1. The largest absolute Gasteiger partial charge is 0.379 e. The van der Waals surface area contributed by atoms with E-state index in [0.29, 0.717) is 24.2 Å². The van der Waals surface area contributed by atoms with Crippen molar-refractivity contribution in [1.82, 2.24) is 5.32 Å². The van der Waals surface area contributed by atoms with E-state index in [1.165, 1.54) is 0 Å². The highest BCUT2D eigenvalue weighted by Crippen LogP contribution is 2.14. The van der Waals surface area contributed by atoms with Crippen molar-refractivity contribution in [3.05, 3.63) is 35.4 Å². The Hall–Kier alpha value is -2.43. The van der Waals surface area contributed by atoms with Crippen LogP contribution in [0.4, 0.5) is 0 Å². The van der Waals surface area contributed by atoms with Crippen LogP contribution in [0.2, 0.25) is 0 Å². The highest BCUT2D eigenvalue weighted by atomic mass is 16.5. The molecule has 1 aromatic carbocycles. The Morgan fingerprint density at radius 2 is 2.23 bits per heavy atom. The molecule has 0 saturated carbocycles. The number of carbonyl (C=O) groups is 2. The van der Waals surface area contributed by atoms with Crippen LogP contribution in [0.3, 0.4) is 0 Å². The molecular weight excluding hydrogens is 286 g/mol. The van der Waals surface area contributed by atoms with Crippen molar-refractivity contribution in [2.24, 2.45) is 5.73 Å². The number of nitrogens with one attached hydrogen (secondary N) is 1. The zero-order valence-electron chi connectivity index (χ0n) is 12.0. The first kappa shape index (κ1) is 15.9. The monoisotopic (exact) mass is 303 g/mol. The fourth-order valence-electron chi connectivity index (χ4n) is 2.27. The smallest absolute Gasteiger partial charge is 0.253 e. The summed E-state index contributed by atoms with van der Waals surface area (Å²) in [5.41, 5.74) is 5.66. The minimum absolute atomic E-state index is 0.203. The zero-order valence-corrected chi connectivity index (χ0v) is 12.0. The number of hydrogen-bond donors (Lipinski definition) is 2. The minimum Gasteiger partial charge on any atom is -0.379 e. The number of nitriles is 1. The lowest BCUT2D eigenvalue weighted by Gasteiger charge is -2.31. The average molecular weight is 303 g/mol. The first-order valence-corrected chi connectivity index (χ1v) is 6.89. The molecule has 1 fully saturated rings. The van der Waals surface area contributed by atoms with Gasteiger partial charge in [0.25, 0.3) is 5.91 Å². The summed E-state index contributed by atoms with van der Waals surface area (Å²) in [4.78, 5) is 23.1. The molecule has 7 heteroatoms. The summed E-state index contributed by atoms with van der Waals surface area (Å²) >= 11 is 0. The van der Waals surface area contributed by atoms with E-state index in [2.05, 4.69) is 5.32 Å². The maximum atomic E-state index is 12.3. The van der Waals surface area contributed by atoms with Crippen LogP contribution in [0.1, 0.15) is 22.3 Å². The van der Waals surface area contributed by atoms with E-state index >= 15 is 0 Å². The second kappa shape index (κ2) is 7.54. The van der Waals surface area contributed by atoms with Crippen LogP contribution in [0.25, 0.3) is 0 Å². The van der Waals surface area contributed by atoms with Gasteiger partial charge < -0.3 is 20.5 Å². The SMILES string of the molecule is N#Cc1ccccc1C(=O)N[C@H]1COCC[C@H]1OCC(N)=O. The van der Waals surface area contributed by atoms with Gasteiger partial charge in [0.2, 0.25) is 5.91 Å². The highest BCUT2D eigenvalue weighted by molar-refractivity contribution is 5.96. The summed E-state index contributed by atoms with van der Waals surface area (Å²) < 4.78 is 10.8. The predicted octanol–water partition coefficient (Wildman–Crippen LogP) is -0.0525. The third kappa shape index (κ3) is 4.04. The van der Waals surface area contributed by atoms with Gasteiger partial charge in [0, 0.05) is 6.61 Å². The van der Waals surface area contributed by atoms with Gasteiger partial charge in [-0.15, -0.1) is 0 Å². The standard InChI is InChI=1S/C15H17N3O4/c16-7-10-3-1-2-4-11(10)15(20)18-12-8-21-6-5-13(12)22-9-14(17)19/h1-4,12-13H,5-6,8-9H2,(H2,17,19)(H,18,20)/t12-,13+/m0/s1. The quantitative estimate of drug-likeness (QED) is 0.791. The van der Waals surface area contributed by atoms with Gasteiger partial charge in [-0.05, 0) is 18.6 Å². The van der Waals surface area contributed by atoms with Gasteiger partial charge in [-0.2, -0.15) is 5.26 Å². The second-order valence-electron chi connectivity index (χ2n) is 4.92. The molecule has 2 rings (SSSR count). The zero-order chi connectivity index (χ0) is 15.9. The summed E-state index contributed by atoms with van der Waals surface area (Å²) in [6.45, 7) is 0.570. The number of primary amides is 1. The van der Waals surface area contributed by atoms with Gasteiger partial charge in [-0.25, -0.2) is 0 Å². The van der Waals surface area contributed by atoms with E-state index in [-0.39, 0.29) is 25.2 Å². The topological polar surface area (TPSA) is 114 Å². The van der Waals surface area contributed by atoms with E-state index in [4.69, 9.17) is 20.5 Å². The van der Waals surface area contributed by atoms with E-state index in [0.717, 1.165) is 0 Å². The Morgan fingerprint density at radius 1 is 1.45 bits per heavy atom. The molecule has 0 unspecified atom stereocenters. The third-order valence-electron chi connectivity index (χ3n) is 3.34. The normalized spacial score (nSPS) is 20.9. The molecule has 7 nitrogen and oxygen atoms in total. The Labute approximate surface area is 128 Å². The van der Waals surface area contributed by atoms with Crippen molar-refractivity contribution in [2.75, 3.05) is 19.8 Å². The Balaban J connectivity index is 2.05. The number of nitrogens with zero attached hydrogens (tertiary/aromatic N) is 1. The van der Waals surface area contributed by atoms with Crippen molar-refractivity contribution in [2.45, 2.75) is 18.6 Å². The molecule has 1 aromatic rings. The fraction of sp³-hybridized carbons (Fsp3) is 0.400. The van der Waals surface area contributed by atoms with Gasteiger partial charge in [0.1, 0.15) is 6.61 Å². The molecule has 1 aliphatic heterocycles. The Bertz CT molecular complexity index is 597. The molecule has 0 aromatic heterocycles. The van der Waals surface area contributed by atoms with E-state index in [9.17, 15) is 9.59 Å². The number of nitrogens with two attached hydrogens (primary N) is 1. The van der Waals surface area contributed by atoms with E-state index < -0.39 is 11.9 Å². The Kier molecular flexibility index (Phi) is 5.47. The van der Waals surface area contributed by atoms with Gasteiger partial charge in [0.05, 0.1) is 35.9 Å². The van der Waals surface area contributed by atoms with Crippen molar-refractivity contribution in [3.63, 3.8) is 0 Å². The van der Waals surface area contributed by atoms with Crippen LogP contribution >= 0.6 is 0 Å². The minimum atomic E-state index is -0.564. The predicted molar refractivity (Wildman–Crippen MR) is 76.8 cm³/mol. The lowest BCUT2D eigenvalue weighted by atomic mass is 10.0. The van der Waals surface area contributed by atoms with Crippen LogP contribution < -0.4 is 11.1 Å². The fourth-order valence-corrected chi connectivity index (χ4v) is 2.27. The number of rotatable bonds is 5. The molecule has 0 bridgehead atoms. The summed E-state index contributed by atoms with van der Waals surface area (Å²) in [6, 6.07) is 8.12. The van der Waals surface area contributed by atoms with E-state index in [1.807, 2.05) is 6.07 Å². The van der Waals surface area contributed by atoms with Gasteiger partial charge >= 0.3 is 0 Å². The molecule has 0 spiro atoms. The maximum Gasteiger partial charge on any atom is 0.253 e. The highest BCUT2D eigenvalue weighted by Gasteiger charge is 2.29. The van der Waals surface area contributed by atoms with Crippen molar-refractivity contribution in [3.8, 4) is 6.07 Å². The van der Waals surface area contributed by atoms with Crippen molar-refractivity contribution < 1.29 is 19.1 Å². The van der Waals surface area contributed by atoms with Crippen molar-refractivity contribution >= 4 is 11.8 Å². The van der Waals surface area contributed by atoms with Gasteiger partial charge in [-0.3, -0.25) is 9.59 Å². The molecule has 2 amide bonds. The summed E-state index contributed by atoms with van der Waals surface area (Å²) in [5.74, 6) is -0.938. The number of hydrogen-bond acceptors (Lipinski definition) is 5. The first-order valence-electron chi connectivity index (χ1n) is 6.89. The average Bonchev–Trinajstić information content (AvgIpc) is 2.53. The molecule has 1 saturated heterocycles. The number of ether oxygens (including phenoxy) is 2. The van der Waals surface area contributed by atoms with Crippen LogP contribution in [-0.2, 0) is 14.3 Å². The van der Waals surface area contributed by atoms with E-state index in [1.54, 1.807) is 24.3 Å². The van der Waals surface area contributed by atoms with Gasteiger partial charge in [-0.1, -0.05) is 12.1 Å². The maximum absolute atomic E-state index is 12.3. The number of amides is 2. The van der Waals surface area contributed by atoms with Gasteiger partial charge in [0.15, 0.2) is 0 Å². The molecule has 1 heterocycles. The lowest BCUT2D eigenvalue weighted by Crippen LogP contribution is -2.51. The van der Waals surface area contributed by atoms with Crippen molar-refractivity contribution in [1.29, 1.82) is 5.26 Å². The summed E-state index contributed by atoms with van der Waals surface area (Å²) in [5, 5.41) is 11.8. The Morgan fingerprint density at radius 3 is 2.95 bits per heavy atom. The molecule has 1 aliphatic rings. The van der Waals surface area contributed by atoms with Crippen LogP contribution in [0.5, 0.6) is 0 Å².